The molecule has 0 aromatic rings. The van der Waals surface area contributed by atoms with Crippen molar-refractivity contribution in [1.82, 2.24) is 0 Å². The number of carbonyl (C=O) groups excluding carboxylic acids is 1. The van der Waals surface area contributed by atoms with Crippen LogP contribution in [0.2, 0.25) is 0 Å². The minimum absolute atomic E-state index is 0.289. The van der Waals surface area contributed by atoms with Gasteiger partial charge in [-0.2, -0.15) is 43.9 Å². The summed E-state index contributed by atoms with van der Waals surface area (Å²) in [4.78, 5) is 11.8. The van der Waals surface area contributed by atoms with E-state index in [2.05, 4.69) is 9.47 Å². The predicted octanol–water partition coefficient (Wildman–Crippen LogP) is 4.60. The van der Waals surface area contributed by atoms with E-state index in [0.29, 0.717) is 6.92 Å². The van der Waals surface area contributed by atoms with Crippen LogP contribution in [-0.4, -0.2) is 52.3 Å². The zero-order valence-corrected chi connectivity index (χ0v) is 15.4. The number of carbonyl (C=O) groups is 1. The Bertz CT molecular complexity index is 640. The number of hydrogen-bond donors (Lipinski definition) is 1. The molecule has 4 unspecified atom stereocenters. The van der Waals surface area contributed by atoms with Gasteiger partial charge < -0.3 is 14.6 Å². The molecule has 172 valence electrons. The normalized spacial score (nSPS) is 35.8. The summed E-state index contributed by atoms with van der Waals surface area (Å²) in [7, 11) is 0. The molecule has 1 fully saturated rings. The Kier molecular flexibility index (Phi) is 6.08. The van der Waals surface area contributed by atoms with Crippen molar-refractivity contribution in [3.8, 4) is 0 Å². The molecule has 0 aromatic heterocycles. The van der Waals surface area contributed by atoms with Crippen molar-refractivity contribution in [2.24, 2.45) is 5.92 Å². The average Bonchev–Trinajstić information content (AvgIpc) is 2.55. The summed E-state index contributed by atoms with van der Waals surface area (Å²) in [5, 5.41) is 9.87. The van der Waals surface area contributed by atoms with Crippen LogP contribution < -0.4 is 0 Å². The molecule has 1 aliphatic rings. The lowest BCUT2D eigenvalue weighted by Gasteiger charge is -2.59. The Balaban J connectivity index is 3.99. The zero-order chi connectivity index (χ0) is 23.5. The fourth-order valence-electron chi connectivity index (χ4n) is 2.75. The van der Waals surface area contributed by atoms with E-state index in [1.807, 2.05) is 0 Å². The van der Waals surface area contributed by atoms with E-state index in [9.17, 15) is 53.8 Å². The number of esters is 1. The van der Waals surface area contributed by atoms with Gasteiger partial charge in [0.25, 0.3) is 0 Å². The van der Waals surface area contributed by atoms with Crippen molar-refractivity contribution in [2.75, 3.05) is 0 Å². The summed E-state index contributed by atoms with van der Waals surface area (Å²) in [5.74, 6) is -21.7. The summed E-state index contributed by atoms with van der Waals surface area (Å²) >= 11 is 0. The Labute approximate surface area is 158 Å². The first kappa shape index (κ1) is 25.7. The Morgan fingerprint density at radius 3 is 1.76 bits per heavy atom. The van der Waals surface area contributed by atoms with Gasteiger partial charge in [0, 0.05) is 0 Å². The van der Waals surface area contributed by atoms with Crippen molar-refractivity contribution in [1.29, 1.82) is 0 Å². The molecule has 0 aromatic carbocycles. The van der Waals surface area contributed by atoms with Gasteiger partial charge >= 0.3 is 36.0 Å². The first-order valence-corrected chi connectivity index (χ1v) is 8.18. The van der Waals surface area contributed by atoms with E-state index in [0.717, 1.165) is 6.92 Å². The number of alkyl halides is 10. The van der Waals surface area contributed by atoms with Crippen LogP contribution in [0.15, 0.2) is 0 Å². The first-order valence-electron chi connectivity index (χ1n) is 8.18. The quantitative estimate of drug-likeness (QED) is 0.501. The number of rotatable bonds is 4. The molecule has 0 aliphatic carbocycles. The van der Waals surface area contributed by atoms with Gasteiger partial charge in [-0.15, -0.1) is 0 Å². The van der Waals surface area contributed by atoms with Crippen LogP contribution in [-0.2, 0) is 14.3 Å². The lowest BCUT2D eigenvalue weighted by atomic mass is 9.70. The lowest BCUT2D eigenvalue weighted by Crippen LogP contribution is -2.87. The summed E-state index contributed by atoms with van der Waals surface area (Å²) in [5.41, 5.74) is -10.5. The van der Waals surface area contributed by atoms with Gasteiger partial charge in [0.1, 0.15) is 0 Å². The molecule has 0 amide bonds. The molecule has 1 rings (SSSR count). The molecule has 0 bridgehead atoms. The van der Waals surface area contributed by atoms with Crippen LogP contribution >= 0.6 is 0 Å². The topological polar surface area (TPSA) is 55.8 Å². The molecule has 4 atom stereocenters. The third kappa shape index (κ3) is 3.08. The van der Waals surface area contributed by atoms with E-state index < -0.39 is 66.4 Å². The molecule has 1 N–H and O–H groups in total. The molecule has 4 nitrogen and oxygen atoms in total. The van der Waals surface area contributed by atoms with Crippen LogP contribution in [0, 0.1) is 5.92 Å². The Morgan fingerprint density at radius 2 is 1.45 bits per heavy atom. The lowest BCUT2D eigenvalue weighted by molar-refractivity contribution is -0.554. The van der Waals surface area contributed by atoms with Crippen LogP contribution in [0.5, 0.6) is 0 Å². The standard InChI is InChI=1S/C15H18F10O4/c1-5-7(3)8(26)28-13(15(23,24)25)12(18,19)10(27,6-2)11(16,17)9(4,29-13)14(20,21)22/h7,27H,5-6H2,1-4H3. The van der Waals surface area contributed by atoms with Gasteiger partial charge in [0.2, 0.25) is 11.2 Å². The van der Waals surface area contributed by atoms with Gasteiger partial charge in [-0.3, -0.25) is 4.79 Å². The molecule has 1 aliphatic heterocycles. The summed E-state index contributed by atoms with van der Waals surface area (Å²) in [6, 6.07) is 0. The molecular formula is C15H18F10O4. The Hall–Kier alpha value is -1.31. The van der Waals surface area contributed by atoms with Crippen LogP contribution in [0.4, 0.5) is 43.9 Å². The maximum Gasteiger partial charge on any atom is 0.462 e. The number of aliphatic hydroxyl groups is 1. The van der Waals surface area contributed by atoms with Crippen LogP contribution in [0.1, 0.15) is 40.5 Å². The minimum atomic E-state index is -6.65. The largest absolute Gasteiger partial charge is 0.462 e. The number of halogens is 10. The highest BCUT2D eigenvalue weighted by Crippen LogP contribution is 2.66. The third-order valence-corrected chi connectivity index (χ3v) is 5.08. The summed E-state index contributed by atoms with van der Waals surface area (Å²) in [6.07, 6.45) is -15.3. The highest BCUT2D eigenvalue weighted by Gasteiger charge is 2.95. The SMILES string of the molecule is CCC(C)C(=O)OC1(C(F)(F)F)OC(C)(C(F)(F)F)C(F)(F)C(O)(CC)C1(F)F. The Morgan fingerprint density at radius 1 is 1.00 bits per heavy atom. The first-order chi connectivity index (χ1) is 12.6. The van der Waals surface area contributed by atoms with Gasteiger partial charge in [0.15, 0.2) is 0 Å². The number of ether oxygens (including phenoxy) is 2. The monoisotopic (exact) mass is 452 g/mol. The third-order valence-electron chi connectivity index (χ3n) is 5.08. The maximum atomic E-state index is 14.8. The van der Waals surface area contributed by atoms with Crippen LogP contribution in [0.25, 0.3) is 0 Å². The molecule has 0 spiro atoms. The predicted molar refractivity (Wildman–Crippen MR) is 75.0 cm³/mol. The van der Waals surface area contributed by atoms with Crippen molar-refractivity contribution in [2.45, 2.75) is 81.7 Å². The van der Waals surface area contributed by atoms with E-state index in [1.54, 1.807) is 0 Å². The molecular weight excluding hydrogens is 434 g/mol. The van der Waals surface area contributed by atoms with Gasteiger partial charge in [0.05, 0.1) is 5.92 Å². The highest BCUT2D eigenvalue weighted by atomic mass is 19.4. The second-order valence-corrected chi connectivity index (χ2v) is 6.84. The highest BCUT2D eigenvalue weighted by molar-refractivity contribution is 5.72. The van der Waals surface area contributed by atoms with Crippen molar-refractivity contribution < 1.29 is 63.3 Å². The van der Waals surface area contributed by atoms with Crippen LogP contribution in [0.3, 0.4) is 0 Å². The fourth-order valence-corrected chi connectivity index (χ4v) is 2.75. The number of hydrogen-bond acceptors (Lipinski definition) is 4. The summed E-state index contributed by atoms with van der Waals surface area (Å²) < 4.78 is 147. The van der Waals surface area contributed by atoms with E-state index in [4.69, 9.17) is 0 Å². The van der Waals surface area contributed by atoms with Gasteiger partial charge in [-0.05, 0) is 19.8 Å². The van der Waals surface area contributed by atoms with Crippen molar-refractivity contribution >= 4 is 5.97 Å². The molecule has 29 heavy (non-hydrogen) atoms. The van der Waals surface area contributed by atoms with Gasteiger partial charge in [-0.25, -0.2) is 0 Å². The molecule has 0 radical (unpaired) electrons. The van der Waals surface area contributed by atoms with Gasteiger partial charge in [-0.1, -0.05) is 20.8 Å². The van der Waals surface area contributed by atoms with E-state index >= 15 is 0 Å². The second kappa shape index (κ2) is 6.86. The smallest absolute Gasteiger partial charge is 0.418 e. The van der Waals surface area contributed by atoms with Crippen molar-refractivity contribution in [3.63, 3.8) is 0 Å². The zero-order valence-electron chi connectivity index (χ0n) is 15.4. The minimum Gasteiger partial charge on any atom is -0.418 e. The molecule has 0 saturated carbocycles. The molecule has 14 heteroatoms. The fraction of sp³-hybridized carbons (Fsp3) is 0.933. The second-order valence-electron chi connectivity index (χ2n) is 6.84. The van der Waals surface area contributed by atoms with E-state index in [1.165, 1.54) is 6.92 Å². The van der Waals surface area contributed by atoms with E-state index in [-0.39, 0.29) is 6.42 Å². The summed E-state index contributed by atoms with van der Waals surface area (Å²) in [6.45, 7) is 1.79. The maximum absolute atomic E-state index is 14.8. The molecule has 1 saturated heterocycles. The molecule has 1 heterocycles. The average molecular weight is 452 g/mol. The van der Waals surface area contributed by atoms with Crippen molar-refractivity contribution in [3.05, 3.63) is 0 Å².